The number of benzene rings is 1. The summed E-state index contributed by atoms with van der Waals surface area (Å²) in [6, 6.07) is 4.89. The van der Waals surface area contributed by atoms with Crippen LogP contribution in [0.1, 0.15) is 5.56 Å². The van der Waals surface area contributed by atoms with Crippen LogP contribution in [0.2, 0.25) is 0 Å². The average Bonchev–Trinajstić information content (AvgIpc) is 2.38. The highest BCUT2D eigenvalue weighted by atomic mass is 79.9. The van der Waals surface area contributed by atoms with Crippen molar-refractivity contribution in [3.8, 4) is 0 Å². The van der Waals surface area contributed by atoms with Gasteiger partial charge in [-0.25, -0.2) is 21.9 Å². The van der Waals surface area contributed by atoms with Crippen LogP contribution in [0.5, 0.6) is 0 Å². The van der Waals surface area contributed by atoms with E-state index in [2.05, 4.69) is 30.7 Å². The smallest absolute Gasteiger partial charge is 0.261 e. The molecule has 0 aliphatic rings. The van der Waals surface area contributed by atoms with Gasteiger partial charge in [0.25, 0.3) is 6.43 Å². The van der Waals surface area contributed by atoms with Crippen molar-refractivity contribution in [2.75, 3.05) is 26.8 Å². The topological polar surface area (TPSA) is 67.4 Å². The maximum atomic E-state index is 12.1. The zero-order chi connectivity index (χ0) is 15.9. The summed E-state index contributed by atoms with van der Waals surface area (Å²) in [5.74, 6) is 0. The number of nitrogens with one attached hydrogen (secondary N) is 2. The van der Waals surface area contributed by atoms with Crippen LogP contribution in [-0.4, -0.2) is 41.6 Å². The van der Waals surface area contributed by atoms with Gasteiger partial charge in [0.2, 0.25) is 10.0 Å². The Kier molecular flexibility index (Phi) is 7.67. The van der Waals surface area contributed by atoms with Crippen LogP contribution in [0.25, 0.3) is 0 Å². The normalized spacial score (nSPS) is 12.0. The van der Waals surface area contributed by atoms with Gasteiger partial charge in [-0.05, 0) is 40.7 Å². The molecule has 21 heavy (non-hydrogen) atoms. The van der Waals surface area contributed by atoms with Gasteiger partial charge in [-0.2, -0.15) is 0 Å². The molecule has 1 aromatic carbocycles. The lowest BCUT2D eigenvalue weighted by molar-refractivity contribution is 0.0199. The van der Waals surface area contributed by atoms with Gasteiger partial charge >= 0.3 is 0 Å². The van der Waals surface area contributed by atoms with E-state index < -0.39 is 23.1 Å². The molecule has 0 fully saturated rings. The first kappa shape index (κ1) is 18.4. The second-order valence-corrected chi connectivity index (χ2v) is 6.75. The van der Waals surface area contributed by atoms with Crippen molar-refractivity contribution in [2.45, 2.75) is 17.9 Å². The number of ether oxygens (including phenoxy) is 1. The van der Waals surface area contributed by atoms with Crippen molar-refractivity contribution in [2.24, 2.45) is 0 Å². The summed E-state index contributed by atoms with van der Waals surface area (Å²) in [7, 11) is -1.92. The number of halogens is 3. The highest BCUT2D eigenvalue weighted by molar-refractivity contribution is 9.10. The maximum absolute atomic E-state index is 12.1. The molecule has 0 radical (unpaired) electrons. The summed E-state index contributed by atoms with van der Waals surface area (Å²) in [6.07, 6.45) is -2.56. The van der Waals surface area contributed by atoms with Crippen LogP contribution in [0.4, 0.5) is 8.78 Å². The van der Waals surface area contributed by atoms with E-state index in [1.54, 1.807) is 19.2 Å². The number of rotatable bonds is 9. The van der Waals surface area contributed by atoms with Crippen LogP contribution >= 0.6 is 15.9 Å². The third-order valence-electron chi connectivity index (χ3n) is 2.45. The molecule has 0 aliphatic carbocycles. The highest BCUT2D eigenvalue weighted by Crippen LogP contribution is 2.23. The van der Waals surface area contributed by atoms with Gasteiger partial charge in [0, 0.05) is 17.6 Å². The fourth-order valence-corrected chi connectivity index (χ4v) is 3.71. The van der Waals surface area contributed by atoms with Gasteiger partial charge in [-0.3, -0.25) is 0 Å². The van der Waals surface area contributed by atoms with E-state index in [4.69, 9.17) is 0 Å². The first-order valence-electron chi connectivity index (χ1n) is 6.15. The number of sulfonamides is 1. The molecule has 0 saturated heterocycles. The molecule has 5 nitrogen and oxygen atoms in total. The second-order valence-electron chi connectivity index (χ2n) is 4.16. The molecule has 1 aromatic rings. The van der Waals surface area contributed by atoms with E-state index in [1.165, 1.54) is 6.07 Å². The zero-order valence-corrected chi connectivity index (χ0v) is 13.8. The lowest BCUT2D eigenvalue weighted by Crippen LogP contribution is -2.28. The molecule has 0 heterocycles. The van der Waals surface area contributed by atoms with Crippen molar-refractivity contribution in [3.05, 3.63) is 28.2 Å². The first-order valence-corrected chi connectivity index (χ1v) is 8.43. The van der Waals surface area contributed by atoms with Crippen molar-refractivity contribution in [1.82, 2.24) is 10.0 Å². The van der Waals surface area contributed by atoms with Gasteiger partial charge in [-0.15, -0.1) is 0 Å². The molecule has 1 rings (SSSR count). The maximum Gasteiger partial charge on any atom is 0.261 e. The number of alkyl halides is 2. The molecule has 0 unspecified atom stereocenters. The van der Waals surface area contributed by atoms with Gasteiger partial charge < -0.3 is 10.1 Å². The summed E-state index contributed by atoms with van der Waals surface area (Å²) in [6.45, 7) is -0.267. The Morgan fingerprint density at radius 2 is 2.10 bits per heavy atom. The van der Waals surface area contributed by atoms with Crippen LogP contribution in [0.15, 0.2) is 27.6 Å². The molecule has 0 spiro atoms. The minimum absolute atomic E-state index is 0.0697. The number of hydrogen-bond donors (Lipinski definition) is 2. The predicted octanol–water partition coefficient (Wildman–Crippen LogP) is 1.73. The molecular weight excluding hydrogens is 370 g/mol. The fourth-order valence-electron chi connectivity index (χ4n) is 1.57. The van der Waals surface area contributed by atoms with Crippen LogP contribution in [-0.2, 0) is 21.3 Å². The van der Waals surface area contributed by atoms with E-state index in [0.29, 0.717) is 11.0 Å². The summed E-state index contributed by atoms with van der Waals surface area (Å²) in [5, 5.41) is 2.96. The SMILES string of the molecule is CNCc1ccc(S(=O)(=O)NCCOCC(F)F)c(Br)c1. The Labute approximate surface area is 131 Å². The lowest BCUT2D eigenvalue weighted by Gasteiger charge is -2.10. The molecule has 120 valence electrons. The van der Waals surface area contributed by atoms with E-state index >= 15 is 0 Å². The molecule has 2 N–H and O–H groups in total. The Morgan fingerprint density at radius 3 is 2.67 bits per heavy atom. The predicted molar refractivity (Wildman–Crippen MR) is 78.9 cm³/mol. The van der Waals surface area contributed by atoms with Gasteiger partial charge in [-0.1, -0.05) is 6.07 Å². The van der Waals surface area contributed by atoms with Crippen LogP contribution in [0, 0.1) is 0 Å². The first-order chi connectivity index (χ1) is 9.86. The van der Waals surface area contributed by atoms with E-state index in [0.717, 1.165) is 5.56 Å². The number of hydrogen-bond acceptors (Lipinski definition) is 4. The van der Waals surface area contributed by atoms with Crippen molar-refractivity contribution >= 4 is 26.0 Å². The summed E-state index contributed by atoms with van der Waals surface area (Å²) in [4.78, 5) is 0.0937. The zero-order valence-electron chi connectivity index (χ0n) is 11.4. The molecule has 0 bridgehead atoms. The Hall–Kier alpha value is -0.610. The third-order valence-corrected chi connectivity index (χ3v) is 4.89. The molecule has 0 aliphatic heterocycles. The van der Waals surface area contributed by atoms with Crippen LogP contribution in [0.3, 0.4) is 0 Å². The van der Waals surface area contributed by atoms with E-state index in [9.17, 15) is 17.2 Å². The summed E-state index contributed by atoms with van der Waals surface area (Å²) >= 11 is 3.22. The van der Waals surface area contributed by atoms with Crippen LogP contribution < -0.4 is 10.0 Å². The minimum Gasteiger partial charge on any atom is -0.374 e. The fraction of sp³-hybridized carbons (Fsp3) is 0.500. The molecule has 9 heteroatoms. The molecular formula is C12H17BrF2N2O3S. The minimum atomic E-state index is -3.71. The molecule has 0 atom stereocenters. The Bertz CT molecular complexity index is 555. The Balaban J connectivity index is 2.61. The van der Waals surface area contributed by atoms with Gasteiger partial charge in [0.1, 0.15) is 6.61 Å². The lowest BCUT2D eigenvalue weighted by atomic mass is 10.2. The second kappa shape index (κ2) is 8.74. The van der Waals surface area contributed by atoms with Gasteiger partial charge in [0.15, 0.2) is 0 Å². The molecule has 0 amide bonds. The quantitative estimate of drug-likeness (QED) is 0.634. The molecule has 0 saturated carbocycles. The standard InChI is InChI=1S/C12H17BrF2N2O3S/c1-16-7-9-2-3-11(10(13)6-9)21(18,19)17-4-5-20-8-12(14)15/h2-3,6,12,16-17H,4-5,7-8H2,1H3. The van der Waals surface area contributed by atoms with Crippen molar-refractivity contribution in [1.29, 1.82) is 0 Å². The monoisotopic (exact) mass is 386 g/mol. The van der Waals surface area contributed by atoms with Crippen molar-refractivity contribution in [3.63, 3.8) is 0 Å². The summed E-state index contributed by atoms with van der Waals surface area (Å²) in [5.41, 5.74) is 0.934. The third kappa shape index (κ3) is 6.35. The van der Waals surface area contributed by atoms with E-state index in [1.807, 2.05) is 0 Å². The highest BCUT2D eigenvalue weighted by Gasteiger charge is 2.17. The largest absolute Gasteiger partial charge is 0.374 e. The Morgan fingerprint density at radius 1 is 1.38 bits per heavy atom. The average molecular weight is 387 g/mol. The van der Waals surface area contributed by atoms with Crippen molar-refractivity contribution < 1.29 is 21.9 Å². The van der Waals surface area contributed by atoms with E-state index in [-0.39, 0.29) is 18.0 Å². The summed E-state index contributed by atoms with van der Waals surface area (Å²) < 4.78 is 55.1. The van der Waals surface area contributed by atoms with Gasteiger partial charge in [0.05, 0.1) is 11.5 Å². The molecule has 0 aromatic heterocycles.